The van der Waals surface area contributed by atoms with Gasteiger partial charge in [0.05, 0.1) is 30.0 Å². The lowest BCUT2D eigenvalue weighted by Crippen LogP contribution is -2.50. The highest BCUT2D eigenvalue weighted by Gasteiger charge is 2.42. The van der Waals surface area contributed by atoms with E-state index in [-0.39, 0.29) is 35.9 Å². The number of nitrogens with one attached hydrogen (secondary N) is 1. The molecule has 2 saturated heterocycles. The van der Waals surface area contributed by atoms with Crippen molar-refractivity contribution in [1.82, 2.24) is 25.0 Å². The predicted molar refractivity (Wildman–Crippen MR) is 118 cm³/mol. The minimum absolute atomic E-state index is 0.0262. The molecule has 2 aliphatic rings. The van der Waals surface area contributed by atoms with Crippen molar-refractivity contribution < 1.29 is 17.9 Å². The van der Waals surface area contributed by atoms with Gasteiger partial charge in [-0.25, -0.2) is 18.1 Å². The zero-order valence-electron chi connectivity index (χ0n) is 18.6. The molecule has 2 fully saturated rings. The maximum atomic E-state index is 12.8. The summed E-state index contributed by atoms with van der Waals surface area (Å²) in [6.07, 6.45) is 2.98. The summed E-state index contributed by atoms with van der Waals surface area (Å²) >= 11 is 0. The maximum absolute atomic E-state index is 12.8. The topological polar surface area (TPSA) is 106 Å². The van der Waals surface area contributed by atoms with E-state index in [1.54, 1.807) is 11.8 Å². The molecule has 0 aliphatic carbocycles. The van der Waals surface area contributed by atoms with Gasteiger partial charge >= 0.3 is 0 Å². The number of likely N-dealkylation sites (tertiary alicyclic amines) is 1. The Kier molecular flexibility index (Phi) is 5.95. The van der Waals surface area contributed by atoms with Crippen LogP contribution in [0.1, 0.15) is 36.1 Å². The Bertz CT molecular complexity index is 1100. The fourth-order valence-corrected chi connectivity index (χ4v) is 6.98. The molecule has 1 N–H and O–H groups in total. The number of aromatic nitrogens is 3. The van der Waals surface area contributed by atoms with Crippen molar-refractivity contribution in [3.05, 3.63) is 16.8 Å². The second-order valence-corrected chi connectivity index (χ2v) is 10.8. The molecule has 0 spiro atoms. The third kappa shape index (κ3) is 4.27. The van der Waals surface area contributed by atoms with Gasteiger partial charge in [0.1, 0.15) is 0 Å². The average Bonchev–Trinajstić information content (AvgIpc) is 3.40. The number of carbonyl (C=O) groups excluding carboxylic acids is 1. The summed E-state index contributed by atoms with van der Waals surface area (Å²) < 4.78 is 31.6. The number of ether oxygens (including phenoxy) is 1. The predicted octanol–water partition coefficient (Wildman–Crippen LogP) is 0.904. The first-order valence-corrected chi connectivity index (χ1v) is 12.6. The molecule has 4 heterocycles. The SMILES string of the molecule is COc1nn(C)c2nc(C)c(CCC(=O)NC3CS(=O)(=O)CC3N3CCCC3)c(C)c12. The van der Waals surface area contributed by atoms with Crippen LogP contribution in [0.2, 0.25) is 0 Å². The highest BCUT2D eigenvalue weighted by molar-refractivity contribution is 7.91. The Morgan fingerprint density at radius 2 is 1.94 bits per heavy atom. The quantitative estimate of drug-likeness (QED) is 0.698. The molecule has 2 aromatic heterocycles. The summed E-state index contributed by atoms with van der Waals surface area (Å²) in [6.45, 7) is 5.75. The number of fused-ring (bicyclic) bond motifs is 1. The summed E-state index contributed by atoms with van der Waals surface area (Å²) in [6, 6.07) is -0.450. The Morgan fingerprint density at radius 1 is 1.23 bits per heavy atom. The largest absolute Gasteiger partial charge is 0.479 e. The third-order valence-electron chi connectivity index (χ3n) is 6.60. The van der Waals surface area contributed by atoms with Gasteiger partial charge < -0.3 is 10.1 Å². The highest BCUT2D eigenvalue weighted by atomic mass is 32.2. The van der Waals surface area contributed by atoms with E-state index in [0.717, 1.165) is 53.8 Å². The Balaban J connectivity index is 1.48. The number of carbonyl (C=O) groups is 1. The van der Waals surface area contributed by atoms with Crippen molar-refractivity contribution in [1.29, 1.82) is 0 Å². The van der Waals surface area contributed by atoms with Crippen LogP contribution >= 0.6 is 0 Å². The van der Waals surface area contributed by atoms with Crippen molar-refractivity contribution in [2.24, 2.45) is 7.05 Å². The Hall–Kier alpha value is -2.20. The van der Waals surface area contributed by atoms with Crippen LogP contribution in [0.3, 0.4) is 0 Å². The number of amides is 1. The molecule has 2 aromatic rings. The van der Waals surface area contributed by atoms with Gasteiger partial charge in [-0.1, -0.05) is 0 Å². The van der Waals surface area contributed by atoms with Crippen LogP contribution in [0.4, 0.5) is 0 Å². The molecule has 0 aromatic carbocycles. The van der Waals surface area contributed by atoms with Crippen LogP contribution in [0, 0.1) is 13.8 Å². The summed E-state index contributed by atoms with van der Waals surface area (Å²) in [5.41, 5.74) is 3.63. The van der Waals surface area contributed by atoms with E-state index >= 15 is 0 Å². The van der Waals surface area contributed by atoms with E-state index in [4.69, 9.17) is 4.74 Å². The van der Waals surface area contributed by atoms with Crippen molar-refractivity contribution >= 4 is 26.8 Å². The first-order chi connectivity index (χ1) is 14.7. The van der Waals surface area contributed by atoms with E-state index in [1.165, 1.54) is 0 Å². The third-order valence-corrected chi connectivity index (χ3v) is 8.31. The number of methoxy groups -OCH3 is 1. The van der Waals surface area contributed by atoms with E-state index in [2.05, 4.69) is 20.3 Å². The summed E-state index contributed by atoms with van der Waals surface area (Å²) in [7, 11) is 0.286. The number of aryl methyl sites for hydroxylation is 3. The molecule has 0 saturated carbocycles. The average molecular weight is 450 g/mol. The molecule has 170 valence electrons. The van der Waals surface area contributed by atoms with E-state index in [1.807, 2.05) is 20.9 Å². The molecule has 2 atom stereocenters. The van der Waals surface area contributed by atoms with Crippen molar-refractivity contribution in [3.8, 4) is 5.88 Å². The van der Waals surface area contributed by atoms with Gasteiger partial charge in [0.25, 0.3) is 0 Å². The van der Waals surface area contributed by atoms with Crippen LogP contribution in [0.15, 0.2) is 0 Å². The lowest BCUT2D eigenvalue weighted by atomic mass is 10.00. The van der Waals surface area contributed by atoms with Crippen LogP contribution < -0.4 is 10.1 Å². The molecule has 0 bridgehead atoms. The normalized spacial score (nSPS) is 23.5. The number of pyridine rings is 1. The second-order valence-electron chi connectivity index (χ2n) is 8.69. The molecule has 0 radical (unpaired) electrons. The highest BCUT2D eigenvalue weighted by Crippen LogP contribution is 2.30. The molecule has 2 aliphatic heterocycles. The monoisotopic (exact) mass is 449 g/mol. The molecule has 31 heavy (non-hydrogen) atoms. The number of hydrogen-bond acceptors (Lipinski definition) is 7. The fourth-order valence-electron chi connectivity index (χ4n) is 5.02. The van der Waals surface area contributed by atoms with E-state index in [0.29, 0.717) is 12.3 Å². The second kappa shape index (κ2) is 8.38. The first kappa shape index (κ1) is 22.0. The minimum atomic E-state index is -3.13. The van der Waals surface area contributed by atoms with Crippen molar-refractivity contribution in [2.45, 2.75) is 51.6 Å². The number of hydrogen-bond donors (Lipinski definition) is 1. The molecule has 4 rings (SSSR count). The number of nitrogens with zero attached hydrogens (tertiary/aromatic N) is 4. The van der Waals surface area contributed by atoms with Crippen molar-refractivity contribution in [3.63, 3.8) is 0 Å². The van der Waals surface area contributed by atoms with Crippen LogP contribution in [-0.2, 0) is 28.1 Å². The standard InChI is InChI=1S/C21H31N5O4S/c1-13-15(14(2)22-20-19(13)21(30-4)24-25(20)3)7-8-18(27)23-16-11-31(28,29)12-17(16)26-9-5-6-10-26/h16-17H,5-12H2,1-4H3,(H,23,27). The van der Waals surface area contributed by atoms with E-state index in [9.17, 15) is 13.2 Å². The van der Waals surface area contributed by atoms with Crippen LogP contribution in [-0.4, -0.2) is 77.8 Å². The van der Waals surface area contributed by atoms with Crippen LogP contribution in [0.5, 0.6) is 5.88 Å². The van der Waals surface area contributed by atoms with Crippen LogP contribution in [0.25, 0.3) is 11.0 Å². The van der Waals surface area contributed by atoms with E-state index < -0.39 is 9.84 Å². The number of rotatable bonds is 6. The van der Waals surface area contributed by atoms with Gasteiger partial charge in [-0.15, -0.1) is 5.10 Å². The van der Waals surface area contributed by atoms with Gasteiger partial charge in [0.2, 0.25) is 11.8 Å². The fraction of sp³-hybridized carbons (Fsp3) is 0.667. The summed E-state index contributed by atoms with van der Waals surface area (Å²) in [5, 5.41) is 8.24. The van der Waals surface area contributed by atoms with Crippen molar-refractivity contribution in [2.75, 3.05) is 31.7 Å². The first-order valence-electron chi connectivity index (χ1n) is 10.8. The molecule has 9 nitrogen and oxygen atoms in total. The molecular weight excluding hydrogens is 418 g/mol. The Morgan fingerprint density at radius 3 is 2.61 bits per heavy atom. The maximum Gasteiger partial charge on any atom is 0.242 e. The van der Waals surface area contributed by atoms with Gasteiger partial charge in [-0.3, -0.25) is 9.69 Å². The summed E-state index contributed by atoms with van der Waals surface area (Å²) in [5.74, 6) is 0.566. The lowest BCUT2D eigenvalue weighted by molar-refractivity contribution is -0.121. The zero-order chi connectivity index (χ0) is 22.3. The molecule has 10 heteroatoms. The van der Waals surface area contributed by atoms with Gasteiger partial charge in [-0.2, -0.15) is 0 Å². The lowest BCUT2D eigenvalue weighted by Gasteiger charge is -2.28. The molecular formula is C21H31N5O4S. The Labute approximate surface area is 183 Å². The molecule has 1 amide bonds. The van der Waals surface area contributed by atoms with Gasteiger partial charge in [-0.05, 0) is 57.3 Å². The smallest absolute Gasteiger partial charge is 0.242 e. The minimum Gasteiger partial charge on any atom is -0.479 e. The summed E-state index contributed by atoms with van der Waals surface area (Å²) in [4.78, 5) is 19.7. The zero-order valence-corrected chi connectivity index (χ0v) is 19.5. The molecule has 2 unspecified atom stereocenters. The number of sulfone groups is 1. The van der Waals surface area contributed by atoms with Gasteiger partial charge in [0.15, 0.2) is 15.5 Å². The van der Waals surface area contributed by atoms with Gasteiger partial charge in [0, 0.05) is 25.2 Å².